The number of ketones is 1. The van der Waals surface area contributed by atoms with Crippen LogP contribution in [-0.4, -0.2) is 91.5 Å². The lowest BCUT2D eigenvalue weighted by Gasteiger charge is -2.26. The van der Waals surface area contributed by atoms with Gasteiger partial charge in [0, 0.05) is 20.3 Å². The summed E-state index contributed by atoms with van der Waals surface area (Å²) in [7, 11) is 2.70. The summed E-state index contributed by atoms with van der Waals surface area (Å²) in [6, 6.07) is -1.89. The number of nitrogens with zero attached hydrogens (tertiary/aromatic N) is 1. The number of carbonyl (C=O) groups is 4. The number of hydrogen-bond donors (Lipinski definition) is 4. The van der Waals surface area contributed by atoms with Crippen molar-refractivity contribution in [3.8, 4) is 0 Å². The number of epoxide rings is 1. The average Bonchev–Trinajstić information content (AvgIpc) is 3.37. The molecule has 196 valence electrons. The highest BCUT2D eigenvalue weighted by atomic mass is 16.6. The molecule has 35 heavy (non-hydrogen) atoms. The molecule has 0 radical (unpaired) electrons. The van der Waals surface area contributed by atoms with E-state index in [4.69, 9.17) is 23.8 Å². The van der Waals surface area contributed by atoms with Crippen LogP contribution in [0.15, 0.2) is 10.6 Å². The third-order valence-electron chi connectivity index (χ3n) is 5.31. The van der Waals surface area contributed by atoms with Crippen molar-refractivity contribution in [3.63, 3.8) is 0 Å². The van der Waals surface area contributed by atoms with Gasteiger partial charge in [-0.3, -0.25) is 19.2 Å². The summed E-state index contributed by atoms with van der Waals surface area (Å²) in [6.45, 7) is 4.98. The second-order valence-corrected chi connectivity index (χ2v) is 8.91. The van der Waals surface area contributed by atoms with Crippen molar-refractivity contribution in [3.05, 3.63) is 17.5 Å². The standard InChI is InChI=1S/C22H34N4O9/c1-12(2)6-14(18(28)22(3)11-34-22)23-20(30)16(9-32-4)25-21(31)17(10-33-5)24-19(29)15-7-13(8-27)35-26-15/h7,12,14,16-17,27H,6,8-11H2,1-5H3,(H,23,30)(H,24,29)(H,25,31)/t14?,16-,17?,22?/m0/s1. The summed E-state index contributed by atoms with van der Waals surface area (Å²) >= 11 is 0. The molecule has 3 amide bonds. The predicted octanol–water partition coefficient (Wildman–Crippen LogP) is -1.07. The fraction of sp³-hybridized carbons (Fsp3) is 0.682. The first-order valence-electron chi connectivity index (χ1n) is 11.2. The first-order chi connectivity index (χ1) is 16.5. The highest BCUT2D eigenvalue weighted by Gasteiger charge is 2.50. The van der Waals surface area contributed by atoms with Crippen molar-refractivity contribution in [1.29, 1.82) is 0 Å². The highest BCUT2D eigenvalue weighted by Crippen LogP contribution is 2.29. The van der Waals surface area contributed by atoms with Crippen LogP contribution < -0.4 is 16.0 Å². The Balaban J connectivity index is 2.08. The van der Waals surface area contributed by atoms with Crippen LogP contribution in [0.5, 0.6) is 0 Å². The van der Waals surface area contributed by atoms with E-state index in [-0.39, 0.29) is 43.0 Å². The van der Waals surface area contributed by atoms with Crippen molar-refractivity contribution >= 4 is 23.5 Å². The van der Waals surface area contributed by atoms with Crippen LogP contribution in [0, 0.1) is 5.92 Å². The first kappa shape index (κ1) is 28.4. The van der Waals surface area contributed by atoms with Gasteiger partial charge in [-0.15, -0.1) is 0 Å². The zero-order valence-corrected chi connectivity index (χ0v) is 20.6. The molecule has 3 unspecified atom stereocenters. The molecule has 0 aliphatic carbocycles. The predicted molar refractivity (Wildman–Crippen MR) is 120 cm³/mol. The molecule has 0 spiro atoms. The molecule has 0 bridgehead atoms. The zero-order chi connectivity index (χ0) is 26.2. The Kier molecular flexibility index (Phi) is 10.3. The monoisotopic (exact) mass is 498 g/mol. The molecule has 0 aromatic carbocycles. The summed E-state index contributed by atoms with van der Waals surface area (Å²) in [5, 5.41) is 20.3. The van der Waals surface area contributed by atoms with Crippen LogP contribution in [0.4, 0.5) is 0 Å². The van der Waals surface area contributed by atoms with E-state index in [1.54, 1.807) is 6.92 Å². The van der Waals surface area contributed by atoms with Gasteiger partial charge in [0.05, 0.1) is 25.9 Å². The average molecular weight is 499 g/mol. The topological polar surface area (TPSA) is 182 Å². The Bertz CT molecular complexity index is 897. The maximum Gasteiger partial charge on any atom is 0.274 e. The van der Waals surface area contributed by atoms with E-state index < -0.39 is 48.1 Å². The molecule has 13 nitrogen and oxygen atoms in total. The Morgan fingerprint density at radius 1 is 1.06 bits per heavy atom. The molecular weight excluding hydrogens is 464 g/mol. The van der Waals surface area contributed by atoms with Crippen molar-refractivity contribution in [2.75, 3.05) is 34.0 Å². The Morgan fingerprint density at radius 3 is 2.06 bits per heavy atom. The minimum absolute atomic E-state index is 0.0793. The van der Waals surface area contributed by atoms with Gasteiger partial charge in [0.25, 0.3) is 5.91 Å². The summed E-state index contributed by atoms with van der Waals surface area (Å²) in [5.41, 5.74) is -1.06. The molecule has 0 saturated carbocycles. The van der Waals surface area contributed by atoms with Gasteiger partial charge in [-0.2, -0.15) is 0 Å². The molecule has 4 N–H and O–H groups in total. The number of nitrogens with one attached hydrogen (secondary N) is 3. The Labute approximate surface area is 203 Å². The number of aromatic nitrogens is 1. The highest BCUT2D eigenvalue weighted by molar-refractivity contribution is 5.99. The maximum atomic E-state index is 13.0. The lowest BCUT2D eigenvalue weighted by molar-refractivity contribution is -0.134. The third-order valence-corrected chi connectivity index (χ3v) is 5.31. The molecule has 1 aromatic rings. The summed E-state index contributed by atoms with van der Waals surface area (Å²) in [6.07, 6.45) is 0.396. The van der Waals surface area contributed by atoms with Crippen LogP contribution in [0.2, 0.25) is 0 Å². The number of aliphatic hydroxyl groups excluding tert-OH is 1. The van der Waals surface area contributed by atoms with E-state index >= 15 is 0 Å². The fourth-order valence-electron chi connectivity index (χ4n) is 3.29. The van der Waals surface area contributed by atoms with Crippen molar-refractivity contribution in [2.45, 2.75) is 57.5 Å². The first-order valence-corrected chi connectivity index (χ1v) is 11.2. The number of hydrogen-bond acceptors (Lipinski definition) is 10. The molecule has 1 aliphatic heterocycles. The van der Waals surface area contributed by atoms with Crippen LogP contribution in [-0.2, 0) is 35.2 Å². The number of carbonyl (C=O) groups excluding carboxylic acids is 4. The molecule has 4 atom stereocenters. The minimum atomic E-state index is -1.18. The number of aliphatic hydroxyl groups is 1. The largest absolute Gasteiger partial charge is 0.388 e. The number of methoxy groups -OCH3 is 2. The second-order valence-electron chi connectivity index (χ2n) is 8.91. The third kappa shape index (κ3) is 8.09. The smallest absolute Gasteiger partial charge is 0.274 e. The molecule has 2 heterocycles. The summed E-state index contributed by atoms with van der Waals surface area (Å²) in [4.78, 5) is 51.2. The zero-order valence-electron chi connectivity index (χ0n) is 20.6. The van der Waals surface area contributed by atoms with Crippen molar-refractivity contribution < 1.29 is 43.0 Å². The van der Waals surface area contributed by atoms with Gasteiger partial charge in [-0.05, 0) is 19.3 Å². The minimum Gasteiger partial charge on any atom is -0.388 e. The molecule has 1 aliphatic rings. The number of Topliss-reactive ketones (excluding diaryl/α,β-unsaturated/α-hetero) is 1. The van der Waals surface area contributed by atoms with Gasteiger partial charge >= 0.3 is 0 Å². The van der Waals surface area contributed by atoms with Gasteiger partial charge in [-0.25, -0.2) is 0 Å². The van der Waals surface area contributed by atoms with E-state index in [9.17, 15) is 19.2 Å². The maximum absolute atomic E-state index is 13.0. The van der Waals surface area contributed by atoms with E-state index in [0.717, 1.165) is 0 Å². The van der Waals surface area contributed by atoms with Gasteiger partial charge in [0.15, 0.2) is 17.2 Å². The van der Waals surface area contributed by atoms with E-state index in [1.165, 1.54) is 20.3 Å². The molecule has 13 heteroatoms. The van der Waals surface area contributed by atoms with Gasteiger partial charge in [0.1, 0.15) is 24.3 Å². The number of amides is 3. The van der Waals surface area contributed by atoms with Crippen LogP contribution >= 0.6 is 0 Å². The molecule has 1 fully saturated rings. The van der Waals surface area contributed by atoms with Crippen LogP contribution in [0.25, 0.3) is 0 Å². The lowest BCUT2D eigenvalue weighted by Crippen LogP contribution is -2.58. The molecule has 2 rings (SSSR count). The van der Waals surface area contributed by atoms with Crippen LogP contribution in [0.3, 0.4) is 0 Å². The second kappa shape index (κ2) is 12.7. The number of rotatable bonds is 15. The van der Waals surface area contributed by atoms with E-state index in [1.807, 2.05) is 13.8 Å². The quantitative estimate of drug-likeness (QED) is 0.217. The molecular formula is C22H34N4O9. The fourth-order valence-corrected chi connectivity index (χ4v) is 3.29. The summed E-state index contributed by atoms with van der Waals surface area (Å²) < 4.78 is 20.1. The number of ether oxygens (including phenoxy) is 3. The van der Waals surface area contributed by atoms with Crippen molar-refractivity contribution in [1.82, 2.24) is 21.1 Å². The van der Waals surface area contributed by atoms with Gasteiger partial charge in [0.2, 0.25) is 11.8 Å². The molecule has 1 saturated heterocycles. The van der Waals surface area contributed by atoms with E-state index in [2.05, 4.69) is 21.1 Å². The van der Waals surface area contributed by atoms with Crippen LogP contribution in [0.1, 0.15) is 43.4 Å². The van der Waals surface area contributed by atoms with Crippen molar-refractivity contribution in [2.24, 2.45) is 5.92 Å². The Morgan fingerprint density at radius 2 is 1.60 bits per heavy atom. The lowest BCUT2D eigenvalue weighted by atomic mass is 9.93. The summed E-state index contributed by atoms with van der Waals surface area (Å²) in [5.74, 6) is -2.11. The molecule has 1 aromatic heterocycles. The van der Waals surface area contributed by atoms with Gasteiger partial charge in [-0.1, -0.05) is 19.0 Å². The van der Waals surface area contributed by atoms with E-state index in [0.29, 0.717) is 6.42 Å². The SMILES string of the molecule is COCC(NC(=O)c1cc(CO)on1)C(=O)N[C@@H](COC)C(=O)NC(CC(C)C)C(=O)C1(C)CO1. The Hall–Kier alpha value is -2.87. The normalized spacial score (nSPS) is 19.5. The van der Waals surface area contributed by atoms with Gasteiger partial charge < -0.3 is 39.8 Å².